The normalized spacial score (nSPS) is 10.3. The molecule has 0 bridgehead atoms. The number of para-hydroxylation sites is 1. The van der Waals surface area contributed by atoms with E-state index in [9.17, 15) is 4.79 Å². The summed E-state index contributed by atoms with van der Waals surface area (Å²) in [5.74, 6) is 0.561. The number of rotatable bonds is 7. The average Bonchev–Trinajstić information content (AvgIpc) is 2.73. The molecule has 2 N–H and O–H groups in total. The number of anilines is 2. The average molecular weight is 366 g/mol. The lowest BCUT2D eigenvalue weighted by molar-refractivity contribution is 0.0360. The van der Waals surface area contributed by atoms with Crippen molar-refractivity contribution in [2.45, 2.75) is 6.92 Å². The summed E-state index contributed by atoms with van der Waals surface area (Å²) in [6.07, 6.45) is 4.80. The Morgan fingerprint density at radius 1 is 1.07 bits per heavy atom. The molecule has 1 aromatic carbocycles. The summed E-state index contributed by atoms with van der Waals surface area (Å²) in [5, 5.41) is 10.8. The number of methoxy groups -OCH3 is 1. The van der Waals surface area contributed by atoms with Crippen LogP contribution in [0.2, 0.25) is 0 Å². The molecule has 0 aliphatic heterocycles. The molecule has 0 aliphatic rings. The van der Waals surface area contributed by atoms with Gasteiger partial charge in [-0.3, -0.25) is 9.63 Å². The number of carbonyl (C=O) groups excluding carboxylic acids is 1. The zero-order valence-electron chi connectivity index (χ0n) is 14.8. The van der Waals surface area contributed by atoms with Crippen LogP contribution in [-0.2, 0) is 4.84 Å². The van der Waals surface area contributed by atoms with Gasteiger partial charge in [0.1, 0.15) is 0 Å². The predicted molar refractivity (Wildman–Crippen MR) is 98.4 cm³/mol. The zero-order valence-corrected chi connectivity index (χ0v) is 14.8. The number of benzene rings is 1. The minimum atomic E-state index is -0.506. The van der Waals surface area contributed by atoms with Gasteiger partial charge in [-0.1, -0.05) is 6.07 Å². The molecular weight excluding hydrogens is 348 g/mol. The Hall–Kier alpha value is -3.59. The van der Waals surface area contributed by atoms with Crippen LogP contribution < -0.4 is 15.5 Å². The lowest BCUT2D eigenvalue weighted by Gasteiger charge is -2.15. The Labute approximate surface area is 155 Å². The standard InChI is InChI=1S/C18H18N6O3/c1-3-27-24-18(25)15-13(8-11-21-23-15)22-14-7-4-6-12(16(14)26-2)17-19-9-5-10-20-17/h4-11H,3H2,1-2H3,(H,21,22)(H,24,25). The summed E-state index contributed by atoms with van der Waals surface area (Å²) in [7, 11) is 1.56. The largest absolute Gasteiger partial charge is 0.494 e. The molecule has 0 aliphatic carbocycles. The van der Waals surface area contributed by atoms with Gasteiger partial charge in [0.15, 0.2) is 17.3 Å². The van der Waals surface area contributed by atoms with Crippen LogP contribution >= 0.6 is 0 Å². The Balaban J connectivity index is 1.96. The minimum Gasteiger partial charge on any atom is -0.494 e. The Morgan fingerprint density at radius 2 is 1.89 bits per heavy atom. The van der Waals surface area contributed by atoms with Crippen LogP contribution in [0.25, 0.3) is 11.4 Å². The minimum absolute atomic E-state index is 0.0920. The molecule has 0 atom stereocenters. The van der Waals surface area contributed by atoms with Crippen LogP contribution in [0, 0.1) is 0 Å². The highest BCUT2D eigenvalue weighted by molar-refractivity contribution is 5.98. The van der Waals surface area contributed by atoms with E-state index in [1.165, 1.54) is 6.20 Å². The summed E-state index contributed by atoms with van der Waals surface area (Å²) < 4.78 is 5.56. The third-order valence-corrected chi connectivity index (χ3v) is 3.54. The van der Waals surface area contributed by atoms with E-state index >= 15 is 0 Å². The molecule has 2 aromatic heterocycles. The first-order valence-corrected chi connectivity index (χ1v) is 8.19. The number of hydrogen-bond donors (Lipinski definition) is 2. The zero-order chi connectivity index (χ0) is 19.1. The molecule has 138 valence electrons. The summed E-state index contributed by atoms with van der Waals surface area (Å²) in [4.78, 5) is 25.7. The van der Waals surface area contributed by atoms with Gasteiger partial charge in [-0.2, -0.15) is 5.10 Å². The molecule has 0 spiro atoms. The highest BCUT2D eigenvalue weighted by Gasteiger charge is 2.17. The lowest BCUT2D eigenvalue weighted by atomic mass is 10.1. The van der Waals surface area contributed by atoms with E-state index in [1.54, 1.807) is 38.6 Å². The van der Waals surface area contributed by atoms with E-state index in [0.717, 1.165) is 0 Å². The molecule has 3 aromatic rings. The van der Waals surface area contributed by atoms with Crippen molar-refractivity contribution < 1.29 is 14.4 Å². The monoisotopic (exact) mass is 366 g/mol. The second-order valence-electron chi connectivity index (χ2n) is 5.24. The number of carbonyl (C=O) groups is 1. The summed E-state index contributed by atoms with van der Waals surface area (Å²) in [5.41, 5.74) is 4.19. The molecule has 9 heteroatoms. The number of nitrogens with zero attached hydrogens (tertiary/aromatic N) is 4. The van der Waals surface area contributed by atoms with Crippen LogP contribution in [0.5, 0.6) is 5.75 Å². The van der Waals surface area contributed by atoms with Crippen LogP contribution in [0.15, 0.2) is 48.9 Å². The van der Waals surface area contributed by atoms with Crippen LogP contribution in [0.3, 0.4) is 0 Å². The van der Waals surface area contributed by atoms with Crippen molar-refractivity contribution >= 4 is 17.3 Å². The van der Waals surface area contributed by atoms with Gasteiger partial charge in [-0.15, -0.1) is 5.10 Å². The van der Waals surface area contributed by atoms with Gasteiger partial charge in [0, 0.05) is 12.4 Å². The lowest BCUT2D eigenvalue weighted by Crippen LogP contribution is -2.25. The van der Waals surface area contributed by atoms with Crippen molar-refractivity contribution in [2.75, 3.05) is 19.0 Å². The number of amides is 1. The SMILES string of the molecule is CCONC(=O)c1nnccc1Nc1cccc(-c2ncccn2)c1OC. The Morgan fingerprint density at radius 3 is 2.63 bits per heavy atom. The number of nitrogens with one attached hydrogen (secondary N) is 2. The Kier molecular flexibility index (Phi) is 5.85. The topological polar surface area (TPSA) is 111 Å². The summed E-state index contributed by atoms with van der Waals surface area (Å²) in [6.45, 7) is 2.10. The fraction of sp³-hybridized carbons (Fsp3) is 0.167. The molecule has 0 radical (unpaired) electrons. The van der Waals surface area contributed by atoms with Crippen molar-refractivity contribution in [3.05, 3.63) is 54.6 Å². The molecule has 0 fully saturated rings. The fourth-order valence-corrected chi connectivity index (χ4v) is 2.40. The number of hydroxylamine groups is 1. The smallest absolute Gasteiger partial charge is 0.297 e. The highest BCUT2D eigenvalue weighted by atomic mass is 16.6. The van der Waals surface area contributed by atoms with Gasteiger partial charge in [-0.25, -0.2) is 15.4 Å². The second-order valence-corrected chi connectivity index (χ2v) is 5.24. The van der Waals surface area contributed by atoms with E-state index in [2.05, 4.69) is 31.0 Å². The predicted octanol–water partition coefficient (Wildman–Crippen LogP) is 2.37. The molecule has 9 nitrogen and oxygen atoms in total. The van der Waals surface area contributed by atoms with Crippen molar-refractivity contribution in [3.63, 3.8) is 0 Å². The van der Waals surface area contributed by atoms with E-state index < -0.39 is 5.91 Å². The van der Waals surface area contributed by atoms with E-state index in [4.69, 9.17) is 9.57 Å². The first kappa shape index (κ1) is 18.2. The first-order chi connectivity index (χ1) is 13.2. The van der Waals surface area contributed by atoms with Gasteiger partial charge in [0.05, 0.1) is 36.9 Å². The summed E-state index contributed by atoms with van der Waals surface area (Å²) in [6, 6.07) is 8.89. The third kappa shape index (κ3) is 4.15. The number of ether oxygens (including phenoxy) is 1. The summed E-state index contributed by atoms with van der Waals surface area (Å²) >= 11 is 0. The van der Waals surface area contributed by atoms with Crippen LogP contribution in [0.1, 0.15) is 17.4 Å². The van der Waals surface area contributed by atoms with E-state index in [-0.39, 0.29) is 5.69 Å². The second kappa shape index (κ2) is 8.68. The number of aromatic nitrogens is 4. The molecule has 0 unspecified atom stereocenters. The van der Waals surface area contributed by atoms with Gasteiger partial charge >= 0.3 is 0 Å². The van der Waals surface area contributed by atoms with Crippen molar-refractivity contribution in [1.29, 1.82) is 0 Å². The maximum Gasteiger partial charge on any atom is 0.297 e. The fourth-order valence-electron chi connectivity index (χ4n) is 2.40. The maximum absolute atomic E-state index is 12.2. The van der Waals surface area contributed by atoms with Crippen molar-refractivity contribution in [2.24, 2.45) is 0 Å². The van der Waals surface area contributed by atoms with Gasteiger partial charge < -0.3 is 10.1 Å². The van der Waals surface area contributed by atoms with Crippen LogP contribution in [-0.4, -0.2) is 39.8 Å². The maximum atomic E-state index is 12.2. The van der Waals surface area contributed by atoms with E-state index in [0.29, 0.717) is 35.1 Å². The first-order valence-electron chi connectivity index (χ1n) is 8.19. The molecule has 0 saturated carbocycles. The van der Waals surface area contributed by atoms with Crippen molar-refractivity contribution in [1.82, 2.24) is 25.6 Å². The number of hydrogen-bond acceptors (Lipinski definition) is 8. The molecule has 3 rings (SSSR count). The van der Waals surface area contributed by atoms with Crippen LogP contribution in [0.4, 0.5) is 11.4 Å². The molecule has 27 heavy (non-hydrogen) atoms. The Bertz CT molecular complexity index is 920. The molecule has 1 amide bonds. The molecule has 2 heterocycles. The molecule has 0 saturated heterocycles. The molecular formula is C18H18N6O3. The highest BCUT2D eigenvalue weighted by Crippen LogP contribution is 2.36. The van der Waals surface area contributed by atoms with Crippen molar-refractivity contribution in [3.8, 4) is 17.1 Å². The van der Waals surface area contributed by atoms with E-state index in [1.807, 2.05) is 18.2 Å². The van der Waals surface area contributed by atoms with Gasteiger partial charge in [-0.05, 0) is 31.2 Å². The quantitative estimate of drug-likeness (QED) is 0.613. The van der Waals surface area contributed by atoms with Gasteiger partial charge in [0.2, 0.25) is 0 Å². The third-order valence-electron chi connectivity index (χ3n) is 3.54. The van der Waals surface area contributed by atoms with Gasteiger partial charge in [0.25, 0.3) is 5.91 Å².